The van der Waals surface area contributed by atoms with E-state index in [1.54, 1.807) is 0 Å². The molecule has 122 valence electrons. The lowest BCUT2D eigenvalue weighted by Crippen LogP contribution is -2.34. The van der Waals surface area contributed by atoms with Gasteiger partial charge < -0.3 is 15.0 Å². The third-order valence-corrected chi connectivity index (χ3v) is 4.34. The maximum Gasteiger partial charge on any atom is 0.209 e. The molecule has 0 radical (unpaired) electrons. The van der Waals surface area contributed by atoms with E-state index in [-0.39, 0.29) is 0 Å². The van der Waals surface area contributed by atoms with Crippen LogP contribution in [0, 0.1) is 5.92 Å². The molecule has 2 aliphatic rings. The summed E-state index contributed by atoms with van der Waals surface area (Å²) in [6.07, 6.45) is 8.92. The molecular weight excluding hydrogens is 278 g/mol. The van der Waals surface area contributed by atoms with Gasteiger partial charge in [0, 0.05) is 31.8 Å². The first-order chi connectivity index (χ1) is 10.7. The highest BCUT2D eigenvalue weighted by Gasteiger charge is 2.19. The van der Waals surface area contributed by atoms with Crippen molar-refractivity contribution < 1.29 is 9.53 Å². The Morgan fingerprint density at radius 1 is 1.45 bits per heavy atom. The van der Waals surface area contributed by atoms with Crippen LogP contribution >= 0.6 is 0 Å². The lowest BCUT2D eigenvalue weighted by molar-refractivity contribution is -0.119. The van der Waals surface area contributed by atoms with E-state index in [2.05, 4.69) is 23.3 Å². The van der Waals surface area contributed by atoms with Gasteiger partial charge in [0.2, 0.25) is 6.41 Å². The minimum atomic E-state index is 0.555. The molecule has 0 atom stereocenters. The van der Waals surface area contributed by atoms with Crippen LogP contribution in [0.15, 0.2) is 28.6 Å². The topological polar surface area (TPSA) is 53.9 Å². The second-order valence-electron chi connectivity index (χ2n) is 6.01. The van der Waals surface area contributed by atoms with Crippen molar-refractivity contribution in [1.82, 2.24) is 10.2 Å². The van der Waals surface area contributed by atoms with E-state index in [1.807, 2.05) is 18.1 Å². The fourth-order valence-electron chi connectivity index (χ4n) is 2.75. The molecule has 2 heterocycles. The molecule has 0 aromatic carbocycles. The van der Waals surface area contributed by atoms with Gasteiger partial charge >= 0.3 is 0 Å². The molecule has 2 rings (SSSR count). The smallest absolute Gasteiger partial charge is 0.209 e. The van der Waals surface area contributed by atoms with Crippen molar-refractivity contribution in [3.05, 3.63) is 23.6 Å². The number of nitrogens with zero attached hydrogens (tertiary/aromatic N) is 2. The van der Waals surface area contributed by atoms with E-state index in [1.165, 1.54) is 5.57 Å². The first kappa shape index (κ1) is 16.7. The summed E-state index contributed by atoms with van der Waals surface area (Å²) in [6.45, 7) is 5.44. The SMILES string of the molecule is CNC/C=C(\C)C1=NC=C(OCC2CCN(C=O)CC2)CC1. The molecule has 0 aliphatic carbocycles. The van der Waals surface area contributed by atoms with Crippen molar-refractivity contribution in [1.29, 1.82) is 0 Å². The van der Waals surface area contributed by atoms with Crippen LogP contribution in [0.1, 0.15) is 32.6 Å². The summed E-state index contributed by atoms with van der Waals surface area (Å²) >= 11 is 0. The predicted molar refractivity (Wildman–Crippen MR) is 88.7 cm³/mol. The zero-order valence-electron chi connectivity index (χ0n) is 13.7. The third kappa shape index (κ3) is 4.98. The Morgan fingerprint density at radius 3 is 2.82 bits per heavy atom. The van der Waals surface area contributed by atoms with Crippen LogP contribution in [0.25, 0.3) is 0 Å². The molecule has 1 saturated heterocycles. The van der Waals surface area contributed by atoms with Crippen molar-refractivity contribution in [3.63, 3.8) is 0 Å². The molecule has 0 spiro atoms. The van der Waals surface area contributed by atoms with Gasteiger partial charge in [0.15, 0.2) is 0 Å². The third-order valence-electron chi connectivity index (χ3n) is 4.34. The van der Waals surface area contributed by atoms with Gasteiger partial charge in [-0.1, -0.05) is 6.08 Å². The van der Waals surface area contributed by atoms with Gasteiger partial charge in [-0.15, -0.1) is 0 Å². The Hall–Kier alpha value is -1.62. The number of amides is 1. The van der Waals surface area contributed by atoms with Gasteiger partial charge in [0.05, 0.1) is 12.8 Å². The Bertz CT molecular complexity index is 461. The number of allylic oxidation sites excluding steroid dienone is 2. The normalized spacial score (nSPS) is 20.5. The number of piperidine rings is 1. The second-order valence-corrected chi connectivity index (χ2v) is 6.01. The molecule has 0 bridgehead atoms. The average molecular weight is 305 g/mol. The molecule has 1 fully saturated rings. The van der Waals surface area contributed by atoms with E-state index < -0.39 is 0 Å². The zero-order valence-corrected chi connectivity index (χ0v) is 13.7. The van der Waals surface area contributed by atoms with Crippen molar-refractivity contribution in [2.24, 2.45) is 10.9 Å². The zero-order chi connectivity index (χ0) is 15.8. The molecule has 0 unspecified atom stereocenters. The minimum Gasteiger partial charge on any atom is -0.496 e. The number of rotatable bonds is 7. The van der Waals surface area contributed by atoms with Gasteiger partial charge in [-0.3, -0.25) is 9.79 Å². The monoisotopic (exact) mass is 305 g/mol. The summed E-state index contributed by atoms with van der Waals surface area (Å²) in [5, 5.41) is 3.11. The quantitative estimate of drug-likeness (QED) is 0.733. The van der Waals surface area contributed by atoms with Crippen LogP contribution in [-0.2, 0) is 9.53 Å². The lowest BCUT2D eigenvalue weighted by Gasteiger charge is -2.29. The Labute approximate surface area is 133 Å². The fourth-order valence-corrected chi connectivity index (χ4v) is 2.75. The first-order valence-corrected chi connectivity index (χ1v) is 8.12. The number of likely N-dealkylation sites (N-methyl/N-ethyl adjacent to an activating group) is 1. The molecule has 1 amide bonds. The summed E-state index contributed by atoms with van der Waals surface area (Å²) in [5.74, 6) is 1.54. The number of nitrogens with one attached hydrogen (secondary N) is 1. The second kappa shape index (κ2) is 8.73. The van der Waals surface area contributed by atoms with E-state index >= 15 is 0 Å². The van der Waals surface area contributed by atoms with Gasteiger partial charge in [-0.2, -0.15) is 0 Å². The van der Waals surface area contributed by atoms with Crippen molar-refractivity contribution in [2.45, 2.75) is 32.6 Å². The van der Waals surface area contributed by atoms with E-state index in [0.29, 0.717) is 5.92 Å². The number of carbonyl (C=O) groups excluding carboxylic acids is 1. The summed E-state index contributed by atoms with van der Waals surface area (Å²) in [4.78, 5) is 17.1. The molecule has 22 heavy (non-hydrogen) atoms. The molecule has 1 N–H and O–H groups in total. The van der Waals surface area contributed by atoms with Crippen molar-refractivity contribution in [2.75, 3.05) is 33.3 Å². The van der Waals surface area contributed by atoms with Crippen LogP contribution < -0.4 is 5.32 Å². The van der Waals surface area contributed by atoms with Gasteiger partial charge in [-0.25, -0.2) is 0 Å². The van der Waals surface area contributed by atoms with E-state index in [4.69, 9.17) is 4.74 Å². The molecule has 5 nitrogen and oxygen atoms in total. The standard InChI is InChI=1S/C17H27N3O2/c1-14(5-8-18-2)17-4-3-16(11-19-17)22-12-15-6-9-20(13-21)10-7-15/h5,11,13,15,18H,3-4,6-10,12H2,1-2H3/b14-5+. The van der Waals surface area contributed by atoms with Crippen molar-refractivity contribution >= 4 is 12.1 Å². The maximum atomic E-state index is 10.7. The molecule has 0 saturated carbocycles. The number of likely N-dealkylation sites (tertiary alicyclic amines) is 1. The number of hydrogen-bond donors (Lipinski definition) is 1. The highest BCUT2D eigenvalue weighted by atomic mass is 16.5. The Kier molecular flexibility index (Phi) is 6.65. The van der Waals surface area contributed by atoms with E-state index in [0.717, 1.165) is 69.8 Å². The van der Waals surface area contributed by atoms with Crippen LogP contribution in [0.3, 0.4) is 0 Å². The van der Waals surface area contributed by atoms with Crippen LogP contribution in [0.4, 0.5) is 0 Å². The summed E-state index contributed by atoms with van der Waals surface area (Å²) in [7, 11) is 1.94. The first-order valence-electron chi connectivity index (χ1n) is 8.12. The van der Waals surface area contributed by atoms with E-state index in [9.17, 15) is 4.79 Å². The highest BCUT2D eigenvalue weighted by molar-refractivity contribution is 6.00. The lowest BCUT2D eigenvalue weighted by atomic mass is 9.98. The Balaban J connectivity index is 1.77. The van der Waals surface area contributed by atoms with Gasteiger partial charge in [0.25, 0.3) is 0 Å². The molecule has 2 aliphatic heterocycles. The summed E-state index contributed by atoms with van der Waals surface area (Å²) in [6, 6.07) is 0. The largest absolute Gasteiger partial charge is 0.496 e. The minimum absolute atomic E-state index is 0.555. The van der Waals surface area contributed by atoms with Crippen LogP contribution in [0.2, 0.25) is 0 Å². The average Bonchev–Trinajstić information content (AvgIpc) is 2.58. The van der Waals surface area contributed by atoms with Crippen LogP contribution in [0.5, 0.6) is 0 Å². The Morgan fingerprint density at radius 2 is 2.23 bits per heavy atom. The molecule has 0 aromatic heterocycles. The van der Waals surface area contributed by atoms with Gasteiger partial charge in [-0.05, 0) is 44.7 Å². The molecular formula is C17H27N3O2. The highest BCUT2D eigenvalue weighted by Crippen LogP contribution is 2.21. The summed E-state index contributed by atoms with van der Waals surface area (Å²) < 4.78 is 5.92. The number of carbonyl (C=O) groups is 1. The maximum absolute atomic E-state index is 10.7. The predicted octanol–water partition coefficient (Wildman–Crippen LogP) is 2.11. The fraction of sp³-hybridized carbons (Fsp3) is 0.647. The molecule has 5 heteroatoms. The number of hydrogen-bond acceptors (Lipinski definition) is 4. The molecule has 0 aromatic rings. The van der Waals surface area contributed by atoms with Crippen LogP contribution in [-0.4, -0.2) is 50.3 Å². The van der Waals surface area contributed by atoms with Crippen molar-refractivity contribution in [3.8, 4) is 0 Å². The summed E-state index contributed by atoms with van der Waals surface area (Å²) in [5.41, 5.74) is 2.40. The number of aliphatic imine (C=N–C) groups is 1. The number of ether oxygens (including phenoxy) is 1. The van der Waals surface area contributed by atoms with Gasteiger partial charge in [0.1, 0.15) is 5.76 Å².